The lowest BCUT2D eigenvalue weighted by molar-refractivity contribution is 1.15. The molecule has 1 heterocycles. The SMILES string of the molecule is C/C=C\C(=C/c1csc(C)n1)CC. The van der Waals surface area contributed by atoms with E-state index in [1.165, 1.54) is 5.57 Å². The van der Waals surface area contributed by atoms with E-state index in [0.29, 0.717) is 0 Å². The summed E-state index contributed by atoms with van der Waals surface area (Å²) in [5.41, 5.74) is 2.41. The van der Waals surface area contributed by atoms with Crippen LogP contribution in [0.1, 0.15) is 31.0 Å². The van der Waals surface area contributed by atoms with Gasteiger partial charge in [0.2, 0.25) is 0 Å². The van der Waals surface area contributed by atoms with E-state index in [0.717, 1.165) is 17.1 Å². The van der Waals surface area contributed by atoms with Gasteiger partial charge in [0, 0.05) is 5.38 Å². The largest absolute Gasteiger partial charge is 0.242 e. The minimum absolute atomic E-state index is 1.06. The summed E-state index contributed by atoms with van der Waals surface area (Å²) in [5.74, 6) is 0. The molecule has 0 saturated heterocycles. The van der Waals surface area contributed by atoms with Crippen LogP contribution in [0.15, 0.2) is 23.1 Å². The zero-order valence-electron chi connectivity index (χ0n) is 8.37. The van der Waals surface area contributed by atoms with Crippen LogP contribution in [0.25, 0.3) is 6.08 Å². The minimum atomic E-state index is 1.06. The van der Waals surface area contributed by atoms with Crippen LogP contribution >= 0.6 is 11.3 Å². The van der Waals surface area contributed by atoms with Gasteiger partial charge in [0.1, 0.15) is 0 Å². The minimum Gasteiger partial charge on any atom is -0.242 e. The van der Waals surface area contributed by atoms with Gasteiger partial charge in [-0.25, -0.2) is 4.98 Å². The van der Waals surface area contributed by atoms with E-state index in [9.17, 15) is 0 Å². The number of hydrogen-bond acceptors (Lipinski definition) is 2. The van der Waals surface area contributed by atoms with Gasteiger partial charge in [-0.3, -0.25) is 0 Å². The summed E-state index contributed by atoms with van der Waals surface area (Å²) in [6, 6.07) is 0. The Bertz CT molecular complexity index is 321. The van der Waals surface area contributed by atoms with Gasteiger partial charge >= 0.3 is 0 Å². The molecule has 1 rings (SSSR count). The molecule has 0 spiro atoms. The van der Waals surface area contributed by atoms with Gasteiger partial charge in [-0.1, -0.05) is 19.1 Å². The molecule has 0 fully saturated rings. The van der Waals surface area contributed by atoms with Crippen LogP contribution in [0.5, 0.6) is 0 Å². The predicted molar refractivity (Wildman–Crippen MR) is 59.9 cm³/mol. The molecule has 0 aliphatic rings. The lowest BCUT2D eigenvalue weighted by Gasteiger charge is -1.93. The molecular weight excluding hydrogens is 178 g/mol. The van der Waals surface area contributed by atoms with Crippen LogP contribution in [0.2, 0.25) is 0 Å². The first kappa shape index (κ1) is 10.2. The summed E-state index contributed by atoms with van der Waals surface area (Å²) in [6.07, 6.45) is 7.40. The van der Waals surface area contributed by atoms with E-state index >= 15 is 0 Å². The lowest BCUT2D eigenvalue weighted by atomic mass is 10.1. The highest BCUT2D eigenvalue weighted by Crippen LogP contribution is 2.13. The van der Waals surface area contributed by atoms with Crippen LogP contribution in [-0.2, 0) is 0 Å². The van der Waals surface area contributed by atoms with Crippen molar-refractivity contribution in [3.8, 4) is 0 Å². The van der Waals surface area contributed by atoms with E-state index < -0.39 is 0 Å². The number of thiazole rings is 1. The third-order valence-electron chi connectivity index (χ3n) is 1.76. The van der Waals surface area contributed by atoms with Gasteiger partial charge < -0.3 is 0 Å². The maximum Gasteiger partial charge on any atom is 0.0901 e. The Hall–Kier alpha value is -0.890. The molecule has 0 radical (unpaired) electrons. The maximum absolute atomic E-state index is 4.39. The Morgan fingerprint density at radius 2 is 2.38 bits per heavy atom. The molecule has 2 heteroatoms. The summed E-state index contributed by atoms with van der Waals surface area (Å²) >= 11 is 1.70. The molecule has 1 aromatic heterocycles. The van der Waals surface area contributed by atoms with Crippen molar-refractivity contribution in [2.75, 3.05) is 0 Å². The molecule has 13 heavy (non-hydrogen) atoms. The molecular formula is C11H15NS. The lowest BCUT2D eigenvalue weighted by Crippen LogP contribution is -1.77. The molecule has 0 aliphatic heterocycles. The van der Waals surface area contributed by atoms with Gasteiger partial charge in [-0.2, -0.15) is 0 Å². The molecule has 0 bridgehead atoms. The van der Waals surface area contributed by atoms with Crippen LogP contribution in [0, 0.1) is 6.92 Å². The third kappa shape index (κ3) is 3.15. The van der Waals surface area contributed by atoms with E-state index in [4.69, 9.17) is 0 Å². The number of aryl methyl sites for hydroxylation is 1. The maximum atomic E-state index is 4.39. The topological polar surface area (TPSA) is 12.9 Å². The zero-order chi connectivity index (χ0) is 9.68. The van der Waals surface area contributed by atoms with Crippen molar-refractivity contribution in [3.63, 3.8) is 0 Å². The van der Waals surface area contributed by atoms with Crippen molar-refractivity contribution in [2.24, 2.45) is 0 Å². The second kappa shape index (κ2) is 4.97. The highest BCUT2D eigenvalue weighted by molar-refractivity contribution is 7.09. The number of allylic oxidation sites excluding steroid dienone is 3. The fraction of sp³-hybridized carbons (Fsp3) is 0.364. The molecule has 1 aromatic rings. The van der Waals surface area contributed by atoms with Gasteiger partial charge in [-0.15, -0.1) is 11.3 Å². The van der Waals surface area contributed by atoms with Crippen LogP contribution < -0.4 is 0 Å². The molecule has 70 valence electrons. The van der Waals surface area contributed by atoms with Crippen LogP contribution in [-0.4, -0.2) is 4.98 Å². The summed E-state index contributed by atoms with van der Waals surface area (Å²) in [6.45, 7) is 6.23. The molecule has 0 aliphatic carbocycles. The highest BCUT2D eigenvalue weighted by atomic mass is 32.1. The zero-order valence-corrected chi connectivity index (χ0v) is 9.19. The van der Waals surface area contributed by atoms with Crippen LogP contribution in [0.3, 0.4) is 0 Å². The van der Waals surface area contributed by atoms with E-state index in [1.54, 1.807) is 11.3 Å². The average Bonchev–Trinajstić information content (AvgIpc) is 2.50. The summed E-state index contributed by atoms with van der Waals surface area (Å²) in [5, 5.41) is 3.22. The number of rotatable bonds is 3. The Labute approximate surface area is 83.8 Å². The van der Waals surface area contributed by atoms with E-state index in [1.807, 2.05) is 13.8 Å². The van der Waals surface area contributed by atoms with Crippen molar-refractivity contribution in [1.29, 1.82) is 0 Å². The van der Waals surface area contributed by atoms with Crippen molar-refractivity contribution < 1.29 is 0 Å². The van der Waals surface area contributed by atoms with Crippen molar-refractivity contribution in [2.45, 2.75) is 27.2 Å². The molecule has 0 atom stereocenters. The van der Waals surface area contributed by atoms with E-state index in [-0.39, 0.29) is 0 Å². The molecule has 0 aromatic carbocycles. The fourth-order valence-electron chi connectivity index (χ4n) is 1.12. The number of aromatic nitrogens is 1. The van der Waals surface area contributed by atoms with Crippen molar-refractivity contribution in [1.82, 2.24) is 4.98 Å². The standard InChI is InChI=1S/C11H15NS/c1-4-6-10(5-2)7-11-8-13-9(3)12-11/h4,6-8H,5H2,1-3H3/b6-4-,10-7-. The second-order valence-electron chi connectivity index (χ2n) is 2.86. The van der Waals surface area contributed by atoms with Gasteiger partial charge in [-0.05, 0) is 31.9 Å². The van der Waals surface area contributed by atoms with Crippen molar-refractivity contribution >= 4 is 17.4 Å². The Morgan fingerprint density at radius 3 is 2.85 bits per heavy atom. The van der Waals surface area contributed by atoms with Gasteiger partial charge in [0.25, 0.3) is 0 Å². The fourth-order valence-corrected chi connectivity index (χ4v) is 1.69. The monoisotopic (exact) mass is 193 g/mol. The summed E-state index contributed by atoms with van der Waals surface area (Å²) < 4.78 is 0. The van der Waals surface area contributed by atoms with Gasteiger partial charge in [0.15, 0.2) is 0 Å². The van der Waals surface area contributed by atoms with Gasteiger partial charge in [0.05, 0.1) is 10.7 Å². The molecule has 0 amide bonds. The number of nitrogens with zero attached hydrogens (tertiary/aromatic N) is 1. The first-order chi connectivity index (χ1) is 6.26. The normalized spacial score (nSPS) is 12.7. The number of hydrogen-bond donors (Lipinski definition) is 0. The summed E-state index contributed by atoms with van der Waals surface area (Å²) in [4.78, 5) is 4.39. The van der Waals surface area contributed by atoms with Crippen LogP contribution in [0.4, 0.5) is 0 Å². The average molecular weight is 193 g/mol. The predicted octanol–water partition coefficient (Wildman–Crippen LogP) is 3.82. The highest BCUT2D eigenvalue weighted by Gasteiger charge is 1.95. The molecule has 0 saturated carbocycles. The smallest absolute Gasteiger partial charge is 0.0901 e. The first-order valence-corrected chi connectivity index (χ1v) is 5.39. The summed E-state index contributed by atoms with van der Waals surface area (Å²) in [7, 11) is 0. The molecule has 0 N–H and O–H groups in total. The Morgan fingerprint density at radius 1 is 1.62 bits per heavy atom. The van der Waals surface area contributed by atoms with Crippen molar-refractivity contribution in [3.05, 3.63) is 33.8 Å². The van der Waals surface area contributed by atoms with E-state index in [2.05, 4.69) is 35.5 Å². The first-order valence-electron chi connectivity index (χ1n) is 4.51. The molecule has 0 unspecified atom stereocenters. The second-order valence-corrected chi connectivity index (χ2v) is 3.93. The Balaban J connectivity index is 2.84. The third-order valence-corrected chi connectivity index (χ3v) is 2.55. The molecule has 1 nitrogen and oxygen atoms in total. The quantitative estimate of drug-likeness (QED) is 0.665. The Kier molecular flexibility index (Phi) is 3.90.